The molecule has 1 amide bonds. The number of rotatable bonds is 5. The quantitative estimate of drug-likeness (QED) is 0.504. The Balaban J connectivity index is 2.45. The van der Waals surface area contributed by atoms with Gasteiger partial charge in [0.25, 0.3) is 5.24 Å². The van der Waals surface area contributed by atoms with Gasteiger partial charge < -0.3 is 4.90 Å². The van der Waals surface area contributed by atoms with Crippen LogP contribution in [0.15, 0.2) is 52.3 Å². The Hall–Kier alpha value is -1.72. The van der Waals surface area contributed by atoms with Crippen LogP contribution in [0.3, 0.4) is 0 Å². The molecule has 3 nitrogen and oxygen atoms in total. The van der Waals surface area contributed by atoms with E-state index in [9.17, 15) is 9.59 Å². The number of nitrogens with zero attached hydrogens (tertiary/aromatic N) is 1. The molecular weight excluding hydrogens is 386 g/mol. The zero-order chi connectivity index (χ0) is 20.9. The van der Waals surface area contributed by atoms with Crippen LogP contribution in [0, 0.1) is 6.92 Å². The third-order valence-electron chi connectivity index (χ3n) is 4.60. The minimum atomic E-state index is -0.0374. The van der Waals surface area contributed by atoms with E-state index in [1.807, 2.05) is 50.2 Å². The van der Waals surface area contributed by atoms with E-state index in [2.05, 4.69) is 33.8 Å². The summed E-state index contributed by atoms with van der Waals surface area (Å²) in [6.07, 6.45) is 0. The summed E-state index contributed by atoms with van der Waals surface area (Å²) in [7, 11) is 0. The van der Waals surface area contributed by atoms with E-state index >= 15 is 0 Å². The molecule has 5 heteroatoms. The zero-order valence-corrected chi connectivity index (χ0v) is 19.2. The van der Waals surface area contributed by atoms with Gasteiger partial charge in [-0.2, -0.15) is 0 Å². The number of hydrogen-bond donors (Lipinski definition) is 0. The van der Waals surface area contributed by atoms with Crippen molar-refractivity contribution in [3.8, 4) is 0 Å². The van der Waals surface area contributed by atoms with Gasteiger partial charge in [-0.3, -0.25) is 9.59 Å². The van der Waals surface area contributed by atoms with E-state index in [1.54, 1.807) is 4.90 Å². The van der Waals surface area contributed by atoms with Crippen molar-refractivity contribution in [2.24, 2.45) is 0 Å². The summed E-state index contributed by atoms with van der Waals surface area (Å²) in [6, 6.07) is 13.3. The van der Waals surface area contributed by atoms with Crippen LogP contribution in [-0.4, -0.2) is 28.3 Å². The fraction of sp³-hybridized carbons (Fsp3) is 0.391. The first-order valence-corrected chi connectivity index (χ1v) is 11.2. The number of benzene rings is 2. The molecule has 0 spiro atoms. The van der Waals surface area contributed by atoms with Crippen LogP contribution >= 0.6 is 23.5 Å². The van der Waals surface area contributed by atoms with E-state index in [0.717, 1.165) is 15.4 Å². The van der Waals surface area contributed by atoms with Crippen molar-refractivity contribution in [3.63, 3.8) is 0 Å². The molecule has 0 N–H and O–H groups in total. The van der Waals surface area contributed by atoms with Crippen LogP contribution in [0.25, 0.3) is 0 Å². The molecule has 0 atom stereocenters. The van der Waals surface area contributed by atoms with Crippen molar-refractivity contribution in [1.82, 2.24) is 4.90 Å². The molecule has 0 fully saturated rings. The van der Waals surface area contributed by atoms with Crippen LogP contribution in [-0.2, 0) is 5.41 Å². The van der Waals surface area contributed by atoms with E-state index in [1.165, 1.54) is 29.1 Å². The molecule has 0 aliphatic heterocycles. The predicted octanol–water partition coefficient (Wildman–Crippen LogP) is 6.78. The Kier molecular flexibility index (Phi) is 7.79. The molecule has 0 radical (unpaired) electrons. The second kappa shape index (κ2) is 9.66. The first-order valence-electron chi connectivity index (χ1n) is 9.57. The van der Waals surface area contributed by atoms with Gasteiger partial charge in [-0.15, -0.1) is 0 Å². The SMILES string of the molecule is CCN(CC)C(=O)Sc1c(SC(=O)c2ccccc2)ccc(C(C)(C)C)c1C. The van der Waals surface area contributed by atoms with Gasteiger partial charge in [0, 0.05) is 28.4 Å². The highest BCUT2D eigenvalue weighted by atomic mass is 32.2. The normalized spacial score (nSPS) is 11.4. The number of carbonyl (C=O) groups is 2. The summed E-state index contributed by atoms with van der Waals surface area (Å²) in [5.74, 6) is 0. The Bertz CT molecular complexity index is 838. The van der Waals surface area contributed by atoms with Crippen molar-refractivity contribution >= 4 is 33.9 Å². The Morgan fingerprint density at radius 3 is 2.07 bits per heavy atom. The van der Waals surface area contributed by atoms with E-state index in [0.29, 0.717) is 18.7 Å². The monoisotopic (exact) mass is 415 g/mol. The Morgan fingerprint density at radius 1 is 0.929 bits per heavy atom. The third-order valence-corrected chi connectivity index (χ3v) is 6.87. The largest absolute Gasteiger partial charge is 0.334 e. The number of hydrogen-bond acceptors (Lipinski definition) is 4. The topological polar surface area (TPSA) is 37.4 Å². The maximum absolute atomic E-state index is 12.8. The molecule has 0 aromatic heterocycles. The lowest BCUT2D eigenvalue weighted by Crippen LogP contribution is -2.27. The summed E-state index contributed by atoms with van der Waals surface area (Å²) in [4.78, 5) is 29.1. The summed E-state index contributed by atoms with van der Waals surface area (Å²) >= 11 is 2.43. The molecule has 0 saturated heterocycles. The minimum absolute atomic E-state index is 0.0133. The predicted molar refractivity (Wildman–Crippen MR) is 121 cm³/mol. The fourth-order valence-electron chi connectivity index (χ4n) is 3.05. The molecule has 0 aliphatic carbocycles. The van der Waals surface area contributed by atoms with Crippen LogP contribution < -0.4 is 0 Å². The summed E-state index contributed by atoms with van der Waals surface area (Å²) < 4.78 is 0. The Morgan fingerprint density at radius 2 is 1.54 bits per heavy atom. The number of thioether (sulfide) groups is 2. The van der Waals surface area contributed by atoms with Crippen LogP contribution in [0.4, 0.5) is 4.79 Å². The lowest BCUT2D eigenvalue weighted by molar-refractivity contribution is 0.108. The molecule has 2 aromatic carbocycles. The molecule has 0 heterocycles. The molecule has 0 aliphatic rings. The van der Waals surface area contributed by atoms with Gasteiger partial charge in [0.2, 0.25) is 5.12 Å². The zero-order valence-electron chi connectivity index (χ0n) is 17.5. The van der Waals surface area contributed by atoms with Gasteiger partial charge in [0.15, 0.2) is 0 Å². The van der Waals surface area contributed by atoms with Gasteiger partial charge >= 0.3 is 0 Å². The highest BCUT2D eigenvalue weighted by Crippen LogP contribution is 2.40. The van der Waals surface area contributed by atoms with E-state index < -0.39 is 0 Å². The first-order chi connectivity index (χ1) is 13.2. The van der Waals surface area contributed by atoms with E-state index in [-0.39, 0.29) is 15.8 Å². The average molecular weight is 416 g/mol. The maximum Gasteiger partial charge on any atom is 0.286 e. The van der Waals surface area contributed by atoms with E-state index in [4.69, 9.17) is 0 Å². The summed E-state index contributed by atoms with van der Waals surface area (Å²) in [5.41, 5.74) is 2.89. The summed E-state index contributed by atoms with van der Waals surface area (Å²) in [6.45, 7) is 13.9. The molecule has 0 unspecified atom stereocenters. The lowest BCUT2D eigenvalue weighted by atomic mass is 9.84. The third kappa shape index (κ3) is 5.42. The van der Waals surface area contributed by atoms with Crippen LogP contribution in [0.1, 0.15) is 56.1 Å². The first kappa shape index (κ1) is 22.6. The molecule has 2 aromatic rings. The maximum atomic E-state index is 12.8. The molecule has 28 heavy (non-hydrogen) atoms. The highest BCUT2D eigenvalue weighted by molar-refractivity contribution is 8.16. The minimum Gasteiger partial charge on any atom is -0.334 e. The van der Waals surface area contributed by atoms with Gasteiger partial charge in [-0.1, -0.05) is 57.2 Å². The van der Waals surface area contributed by atoms with Gasteiger partial charge in [-0.25, -0.2) is 0 Å². The van der Waals surface area contributed by atoms with Crippen LogP contribution in [0.5, 0.6) is 0 Å². The highest BCUT2D eigenvalue weighted by Gasteiger charge is 2.24. The van der Waals surface area contributed by atoms with Gasteiger partial charge in [0.05, 0.1) is 0 Å². The molecular formula is C23H29NO2S2. The van der Waals surface area contributed by atoms with Crippen molar-refractivity contribution in [2.75, 3.05) is 13.1 Å². The fourth-order valence-corrected chi connectivity index (χ4v) is 5.13. The smallest absolute Gasteiger partial charge is 0.286 e. The number of carbonyl (C=O) groups excluding carboxylic acids is 2. The second-order valence-corrected chi connectivity index (χ2v) is 9.59. The molecule has 0 bridgehead atoms. The van der Waals surface area contributed by atoms with Crippen LogP contribution in [0.2, 0.25) is 0 Å². The molecule has 0 saturated carbocycles. The van der Waals surface area contributed by atoms with Crippen molar-refractivity contribution in [3.05, 3.63) is 59.2 Å². The molecule has 2 rings (SSSR count). The number of amides is 1. The molecule has 150 valence electrons. The van der Waals surface area contributed by atoms with Gasteiger partial charge in [-0.05, 0) is 66.9 Å². The van der Waals surface area contributed by atoms with Gasteiger partial charge in [0.1, 0.15) is 0 Å². The van der Waals surface area contributed by atoms with Crippen molar-refractivity contribution < 1.29 is 9.59 Å². The lowest BCUT2D eigenvalue weighted by Gasteiger charge is -2.25. The van der Waals surface area contributed by atoms with Crippen molar-refractivity contribution in [2.45, 2.75) is 56.7 Å². The standard InChI is InChI=1S/C23H29NO2S2/c1-7-24(8-2)22(26)28-20-16(3)18(23(4,5)6)14-15-19(20)27-21(25)17-12-10-9-11-13-17/h9-15H,7-8H2,1-6H3. The Labute approximate surface area is 177 Å². The average Bonchev–Trinajstić information content (AvgIpc) is 2.65. The second-order valence-electron chi connectivity index (χ2n) is 7.61. The van der Waals surface area contributed by atoms with Crippen molar-refractivity contribution in [1.29, 1.82) is 0 Å². The summed E-state index contributed by atoms with van der Waals surface area (Å²) in [5, 5.41) is 0.00816.